The monoisotopic (exact) mass is 470 g/mol. The van der Waals surface area contributed by atoms with Crippen LogP contribution in [0.15, 0.2) is 59.5 Å². The first-order valence-electron chi connectivity index (χ1n) is 11.3. The Balaban J connectivity index is 1.37. The van der Waals surface area contributed by atoms with Gasteiger partial charge in [-0.3, -0.25) is 9.59 Å². The number of piperidine rings is 1. The number of hydrogen-bond acceptors (Lipinski definition) is 5. The van der Waals surface area contributed by atoms with Gasteiger partial charge in [-0.05, 0) is 49.2 Å². The van der Waals surface area contributed by atoms with Crippen molar-refractivity contribution in [1.82, 2.24) is 9.21 Å². The number of para-hydroxylation sites is 1. The summed E-state index contributed by atoms with van der Waals surface area (Å²) in [5.74, 6) is -0.494. The van der Waals surface area contributed by atoms with Gasteiger partial charge in [-0.2, -0.15) is 4.31 Å². The van der Waals surface area contributed by atoms with Gasteiger partial charge in [0.2, 0.25) is 21.8 Å². The summed E-state index contributed by atoms with van der Waals surface area (Å²) < 4.78 is 27.8. The molecule has 2 aromatic rings. The lowest BCUT2D eigenvalue weighted by atomic mass is 9.97. The van der Waals surface area contributed by atoms with Gasteiger partial charge in [-0.15, -0.1) is 0 Å². The Kier molecular flexibility index (Phi) is 6.99. The second-order valence-corrected chi connectivity index (χ2v) is 10.5. The molecule has 2 heterocycles. The molecule has 176 valence electrons. The Bertz CT molecular complexity index is 1080. The molecule has 2 fully saturated rings. The molecule has 0 aliphatic carbocycles. The largest absolute Gasteiger partial charge is 0.368 e. The molecule has 0 spiro atoms. The lowest BCUT2D eigenvalue weighted by Gasteiger charge is -2.39. The van der Waals surface area contributed by atoms with E-state index in [1.165, 1.54) is 23.4 Å². The number of carbonyl (C=O) groups excluding carboxylic acids is 2. The van der Waals surface area contributed by atoms with Crippen LogP contribution in [0.5, 0.6) is 0 Å². The number of anilines is 2. The van der Waals surface area contributed by atoms with Crippen LogP contribution in [0.3, 0.4) is 0 Å². The third-order valence-electron chi connectivity index (χ3n) is 6.26. The van der Waals surface area contributed by atoms with E-state index in [9.17, 15) is 18.0 Å². The first-order valence-corrected chi connectivity index (χ1v) is 12.8. The summed E-state index contributed by atoms with van der Waals surface area (Å²) >= 11 is 0. The molecule has 2 aliphatic heterocycles. The van der Waals surface area contributed by atoms with E-state index >= 15 is 0 Å². The van der Waals surface area contributed by atoms with E-state index in [1.54, 1.807) is 12.1 Å². The molecule has 0 saturated carbocycles. The molecule has 2 saturated heterocycles. The van der Waals surface area contributed by atoms with Crippen molar-refractivity contribution in [3.8, 4) is 0 Å². The van der Waals surface area contributed by atoms with Gasteiger partial charge in [0.15, 0.2) is 0 Å². The summed E-state index contributed by atoms with van der Waals surface area (Å²) in [4.78, 5) is 28.7. The fraction of sp³-hybridized carbons (Fsp3) is 0.417. The maximum Gasteiger partial charge on any atom is 0.243 e. The Labute approximate surface area is 195 Å². The quantitative estimate of drug-likeness (QED) is 0.725. The molecule has 1 atom stereocenters. The molecule has 0 aromatic heterocycles. The van der Waals surface area contributed by atoms with Crippen LogP contribution in [0, 0.1) is 5.92 Å². The number of sulfonamides is 1. The average Bonchev–Trinajstić information content (AvgIpc) is 2.84. The van der Waals surface area contributed by atoms with Crippen LogP contribution < -0.4 is 10.2 Å². The van der Waals surface area contributed by atoms with Gasteiger partial charge in [-0.25, -0.2) is 8.42 Å². The molecule has 8 nitrogen and oxygen atoms in total. The van der Waals surface area contributed by atoms with E-state index in [0.29, 0.717) is 38.2 Å². The van der Waals surface area contributed by atoms with Gasteiger partial charge in [0.25, 0.3) is 0 Å². The van der Waals surface area contributed by atoms with Gasteiger partial charge in [0.05, 0.1) is 10.8 Å². The van der Waals surface area contributed by atoms with Crippen LogP contribution in [0.4, 0.5) is 11.4 Å². The van der Waals surface area contributed by atoms with E-state index in [0.717, 1.165) is 18.8 Å². The molecule has 9 heteroatoms. The molecule has 2 amide bonds. The average molecular weight is 471 g/mol. The highest BCUT2D eigenvalue weighted by molar-refractivity contribution is 7.89. The number of rotatable bonds is 5. The van der Waals surface area contributed by atoms with E-state index in [-0.39, 0.29) is 29.2 Å². The number of benzene rings is 2. The van der Waals surface area contributed by atoms with Crippen molar-refractivity contribution < 1.29 is 18.0 Å². The minimum atomic E-state index is -3.71. The predicted molar refractivity (Wildman–Crippen MR) is 127 cm³/mol. The van der Waals surface area contributed by atoms with Crippen molar-refractivity contribution in [3.05, 3.63) is 54.6 Å². The zero-order chi connectivity index (χ0) is 23.4. The number of nitrogens with one attached hydrogen (secondary N) is 1. The first kappa shape index (κ1) is 23.3. The highest BCUT2D eigenvalue weighted by Gasteiger charge is 2.35. The van der Waals surface area contributed by atoms with Crippen molar-refractivity contribution in [1.29, 1.82) is 0 Å². The minimum absolute atomic E-state index is 0.0450. The molecule has 0 bridgehead atoms. The minimum Gasteiger partial charge on any atom is -0.368 e. The van der Waals surface area contributed by atoms with Gasteiger partial charge in [0, 0.05) is 57.6 Å². The third-order valence-corrected chi connectivity index (χ3v) is 8.14. The highest BCUT2D eigenvalue weighted by atomic mass is 32.2. The Morgan fingerprint density at radius 2 is 1.58 bits per heavy atom. The number of amides is 2. The topological polar surface area (TPSA) is 90.0 Å². The van der Waals surface area contributed by atoms with E-state index in [2.05, 4.69) is 22.3 Å². The van der Waals surface area contributed by atoms with Crippen molar-refractivity contribution in [2.75, 3.05) is 49.5 Å². The van der Waals surface area contributed by atoms with Crippen LogP contribution in [0.2, 0.25) is 0 Å². The normalized spacial score (nSPS) is 19.8. The van der Waals surface area contributed by atoms with Gasteiger partial charge >= 0.3 is 0 Å². The number of hydrogen-bond donors (Lipinski definition) is 1. The summed E-state index contributed by atoms with van der Waals surface area (Å²) in [6.07, 6.45) is 1.36. The second-order valence-electron chi connectivity index (χ2n) is 8.56. The zero-order valence-corrected chi connectivity index (χ0v) is 19.6. The Hall–Kier alpha value is -2.91. The van der Waals surface area contributed by atoms with Crippen molar-refractivity contribution in [2.24, 2.45) is 5.92 Å². The van der Waals surface area contributed by atoms with Gasteiger partial charge in [0.1, 0.15) is 0 Å². The maximum atomic E-state index is 13.2. The molecule has 4 rings (SSSR count). The van der Waals surface area contributed by atoms with Crippen LogP contribution in [0.25, 0.3) is 0 Å². The highest BCUT2D eigenvalue weighted by Crippen LogP contribution is 2.26. The Morgan fingerprint density at radius 1 is 0.909 bits per heavy atom. The maximum absolute atomic E-state index is 13.2. The molecular formula is C24H30N4O4S. The molecule has 1 N–H and O–H groups in total. The third kappa shape index (κ3) is 5.36. The summed E-state index contributed by atoms with van der Waals surface area (Å²) in [7, 11) is -3.71. The second kappa shape index (κ2) is 9.93. The Morgan fingerprint density at radius 3 is 2.21 bits per heavy atom. The lowest BCUT2D eigenvalue weighted by molar-refractivity contribution is -0.137. The molecular weight excluding hydrogens is 440 g/mol. The number of piperazine rings is 1. The molecule has 2 aliphatic rings. The summed E-state index contributed by atoms with van der Waals surface area (Å²) in [5.41, 5.74) is 1.70. The van der Waals surface area contributed by atoms with Crippen LogP contribution in [-0.2, 0) is 19.6 Å². The number of nitrogens with zero attached hydrogens (tertiary/aromatic N) is 3. The molecule has 0 unspecified atom stereocenters. The van der Waals surface area contributed by atoms with Crippen LogP contribution >= 0.6 is 0 Å². The fourth-order valence-electron chi connectivity index (χ4n) is 4.51. The van der Waals surface area contributed by atoms with E-state index < -0.39 is 10.0 Å². The predicted octanol–water partition coefficient (Wildman–Crippen LogP) is 2.39. The first-order chi connectivity index (χ1) is 15.8. The van der Waals surface area contributed by atoms with Crippen molar-refractivity contribution in [2.45, 2.75) is 24.7 Å². The van der Waals surface area contributed by atoms with Crippen molar-refractivity contribution >= 4 is 33.2 Å². The smallest absolute Gasteiger partial charge is 0.243 e. The lowest BCUT2D eigenvalue weighted by Crippen LogP contribution is -2.53. The standard InChI is InChI=1S/C24H30N4O4S/c1-19(29)25-21-9-11-23(12-10-21)33(31,32)28-13-5-6-20(18-28)24(30)27-16-14-26(15-17-27)22-7-3-2-4-8-22/h2-4,7-12,20H,5-6,13-18H2,1H3,(H,25,29)/t20-/m1/s1. The zero-order valence-electron chi connectivity index (χ0n) is 18.8. The van der Waals surface area contributed by atoms with Crippen LogP contribution in [-0.4, -0.2) is 68.7 Å². The fourth-order valence-corrected chi connectivity index (χ4v) is 6.03. The molecule has 0 radical (unpaired) electrons. The molecule has 33 heavy (non-hydrogen) atoms. The molecule has 2 aromatic carbocycles. The summed E-state index contributed by atoms with van der Waals surface area (Å²) in [5, 5.41) is 2.63. The SMILES string of the molecule is CC(=O)Nc1ccc(S(=O)(=O)N2CCC[C@@H](C(=O)N3CCN(c4ccccc4)CC3)C2)cc1. The van der Waals surface area contributed by atoms with Gasteiger partial charge < -0.3 is 15.1 Å². The van der Waals surface area contributed by atoms with E-state index in [4.69, 9.17) is 0 Å². The van der Waals surface area contributed by atoms with Gasteiger partial charge in [-0.1, -0.05) is 18.2 Å². The van der Waals surface area contributed by atoms with Crippen molar-refractivity contribution in [3.63, 3.8) is 0 Å². The number of carbonyl (C=O) groups is 2. The van der Waals surface area contributed by atoms with E-state index in [1.807, 2.05) is 23.1 Å². The summed E-state index contributed by atoms with van der Waals surface area (Å²) in [6, 6.07) is 16.3. The van der Waals surface area contributed by atoms with Crippen LogP contribution in [0.1, 0.15) is 19.8 Å². The summed E-state index contributed by atoms with van der Waals surface area (Å²) in [6.45, 7) is 4.82.